The van der Waals surface area contributed by atoms with Gasteiger partial charge in [0.05, 0.1) is 0 Å². The molecule has 0 unspecified atom stereocenters. The van der Waals surface area contributed by atoms with Gasteiger partial charge in [0.2, 0.25) is 0 Å². The Kier molecular flexibility index (Phi) is 42.0. The maximum absolute atomic E-state index is 6.69. The van der Waals surface area contributed by atoms with E-state index in [1.54, 1.807) is 11.8 Å². The predicted molar refractivity (Wildman–Crippen MR) is 221 cm³/mol. The Bertz CT molecular complexity index is 1190. The van der Waals surface area contributed by atoms with Crippen LogP contribution in [0.15, 0.2) is 121 Å². The van der Waals surface area contributed by atoms with Crippen LogP contribution in [0.5, 0.6) is 0 Å². The van der Waals surface area contributed by atoms with Gasteiger partial charge in [-0.05, 0) is 0 Å². The first kappa shape index (κ1) is 53.0. The van der Waals surface area contributed by atoms with E-state index in [1.165, 1.54) is 0 Å². The van der Waals surface area contributed by atoms with Gasteiger partial charge in [-0.3, -0.25) is 23.7 Å². The molecule has 0 amide bonds. The van der Waals surface area contributed by atoms with Gasteiger partial charge >= 0.3 is 42.1 Å². The van der Waals surface area contributed by atoms with Crippen LogP contribution in [0.2, 0.25) is 0 Å². The predicted octanol–water partition coefficient (Wildman–Crippen LogP) is 10.3. The fourth-order valence-corrected chi connectivity index (χ4v) is 14.8. The van der Waals surface area contributed by atoms with Crippen LogP contribution in [-0.4, -0.2) is 65.1 Å². The normalized spacial score (nSPS) is 8.50. The molecular formula is C42H52P4Pt2+4. The summed E-state index contributed by atoms with van der Waals surface area (Å²) in [6.07, 6.45) is 26.8. The number of hydrogen-bond acceptors (Lipinski definition) is 0. The van der Waals surface area contributed by atoms with Crippen molar-refractivity contribution in [2.45, 2.75) is 0 Å². The summed E-state index contributed by atoms with van der Waals surface area (Å²) in [7, 11) is 0.444. The molecule has 0 N–H and O–H groups in total. The second-order valence-electron chi connectivity index (χ2n) is 11.1. The van der Waals surface area contributed by atoms with E-state index >= 15 is 0 Å². The Morgan fingerprint density at radius 2 is 0.479 bits per heavy atom. The molecule has 48 heavy (non-hydrogen) atoms. The van der Waals surface area contributed by atoms with Crippen LogP contribution in [0.3, 0.4) is 0 Å². The van der Waals surface area contributed by atoms with Crippen molar-refractivity contribution in [1.82, 2.24) is 0 Å². The van der Waals surface area contributed by atoms with E-state index in [0.717, 1.165) is 22.3 Å². The van der Waals surface area contributed by atoms with Crippen molar-refractivity contribution in [2.75, 3.05) is 65.1 Å². The summed E-state index contributed by atoms with van der Waals surface area (Å²) in [6, 6.07) is 37.5. The van der Waals surface area contributed by atoms with Gasteiger partial charge in [-0.2, -0.15) is 0 Å². The van der Waals surface area contributed by atoms with Crippen LogP contribution in [0, 0.1) is 49.4 Å². The van der Waals surface area contributed by atoms with Crippen molar-refractivity contribution in [1.29, 1.82) is 0 Å². The Hall–Kier alpha value is -1.78. The molecule has 0 atom stereocenters. The molecule has 4 aromatic rings. The van der Waals surface area contributed by atoms with Crippen LogP contribution in [0.1, 0.15) is 22.3 Å². The molecule has 0 heterocycles. The first-order valence-corrected chi connectivity index (χ1v) is 25.9. The van der Waals surface area contributed by atoms with Crippen molar-refractivity contribution in [2.24, 2.45) is 0 Å². The average Bonchev–Trinajstić information content (AvgIpc) is 3.06. The minimum Gasteiger partial charge on any atom is -0.366 e. The average molecular weight is 1070 g/mol. The van der Waals surface area contributed by atoms with Crippen LogP contribution in [-0.2, 0) is 42.1 Å². The molecule has 0 fully saturated rings. The minimum absolute atomic E-state index is 0. The molecule has 0 spiro atoms. The molecule has 4 aromatic carbocycles. The van der Waals surface area contributed by atoms with Gasteiger partial charge in [-0.15, -0.1) is 70.8 Å². The second-order valence-corrected chi connectivity index (χ2v) is 23.6. The number of hydrogen-bond donors (Lipinski definition) is 0. The van der Waals surface area contributed by atoms with E-state index in [9.17, 15) is 0 Å². The quantitative estimate of drug-likeness (QED) is 0.109. The van der Waals surface area contributed by atoms with Crippen LogP contribution in [0.25, 0.3) is 0 Å². The molecule has 4 rings (SSSR count). The van der Waals surface area contributed by atoms with Gasteiger partial charge in [0.25, 0.3) is 0 Å². The summed E-state index contributed by atoms with van der Waals surface area (Å²) in [4.78, 5) is 0. The van der Waals surface area contributed by atoms with Crippen molar-refractivity contribution < 1.29 is 42.1 Å². The molecule has 0 radical (unpaired) electrons. The Balaban J connectivity index is -0.000000240. The second kappa shape index (κ2) is 38.0. The maximum Gasteiger partial charge on any atom is 2.00 e. The Labute approximate surface area is 329 Å². The van der Waals surface area contributed by atoms with E-state index in [0.29, 0.717) is 0 Å². The van der Waals surface area contributed by atoms with E-state index in [1.807, 2.05) is 121 Å². The van der Waals surface area contributed by atoms with Crippen LogP contribution >= 0.6 is 31.7 Å². The third kappa shape index (κ3) is 38.7. The summed E-state index contributed by atoms with van der Waals surface area (Å²) in [5, 5.41) is 0. The van der Waals surface area contributed by atoms with Crippen LogP contribution < -0.4 is 0 Å². The Morgan fingerprint density at radius 3 is 0.542 bits per heavy atom. The molecule has 0 saturated heterocycles. The SMILES string of the molecule is C[PH+](C)C[PH+](C)C.C[PH+](C)C[PH+](C)C.[C-]#Cc1ccccc1.[C-]#Cc1ccccc1.[C-]#Cc1ccccc1.[C-]#Cc1ccccc1.[Pt+2].[Pt+2]. The van der Waals surface area contributed by atoms with Crippen LogP contribution in [0.4, 0.5) is 0 Å². The van der Waals surface area contributed by atoms with E-state index < -0.39 is 0 Å². The monoisotopic (exact) mass is 1070 g/mol. The van der Waals surface area contributed by atoms with E-state index in [2.05, 4.69) is 77.0 Å². The van der Waals surface area contributed by atoms with Gasteiger partial charge in [-0.25, -0.2) is 0 Å². The van der Waals surface area contributed by atoms with Crippen molar-refractivity contribution in [3.8, 4) is 23.7 Å². The molecular weight excluding hydrogens is 1020 g/mol. The van der Waals surface area contributed by atoms with Gasteiger partial charge < -0.3 is 25.7 Å². The standard InChI is InChI=1S/4C8H5.2C5H14P2.2Pt/c4*1-2-8-6-4-3-5-7-8;2*1-6(2)5-7(3)4;;/h4*3-7H;2*5H2,1-4H3;;/q4*-1;;;2*+2/p+4. The van der Waals surface area contributed by atoms with Gasteiger partial charge in [0.15, 0.2) is 11.8 Å². The third-order valence-electron chi connectivity index (χ3n) is 5.09. The number of rotatable bonds is 4. The summed E-state index contributed by atoms with van der Waals surface area (Å²) < 4.78 is 0. The smallest absolute Gasteiger partial charge is 0.366 e. The molecule has 0 nitrogen and oxygen atoms in total. The molecule has 0 aliphatic carbocycles. The maximum atomic E-state index is 6.69. The van der Waals surface area contributed by atoms with Gasteiger partial charge in [0.1, 0.15) is 0 Å². The zero-order valence-corrected chi connectivity index (χ0v) is 38.1. The number of benzene rings is 4. The molecule has 256 valence electrons. The molecule has 0 bridgehead atoms. The third-order valence-corrected chi connectivity index (χ3v) is 16.4. The fourth-order valence-electron chi connectivity index (χ4n) is 3.50. The minimum atomic E-state index is 0. The molecule has 0 saturated carbocycles. The summed E-state index contributed by atoms with van der Waals surface area (Å²) in [5.74, 6) is 12.2. The van der Waals surface area contributed by atoms with Crippen molar-refractivity contribution in [3.63, 3.8) is 0 Å². The molecule has 0 aromatic heterocycles. The first-order chi connectivity index (χ1) is 22.0. The largest absolute Gasteiger partial charge is 2.00 e. The summed E-state index contributed by atoms with van der Waals surface area (Å²) in [5.41, 5.74) is 3.31. The summed E-state index contributed by atoms with van der Waals surface area (Å²) >= 11 is 0. The molecule has 6 heteroatoms. The Morgan fingerprint density at radius 1 is 0.333 bits per heavy atom. The van der Waals surface area contributed by atoms with Crippen molar-refractivity contribution in [3.05, 3.63) is 169 Å². The van der Waals surface area contributed by atoms with Gasteiger partial charge in [-0.1, -0.05) is 72.8 Å². The fraction of sp³-hybridized carbons (Fsp3) is 0.238. The zero-order chi connectivity index (χ0) is 35.0. The van der Waals surface area contributed by atoms with Crippen molar-refractivity contribution >= 4 is 31.7 Å². The topological polar surface area (TPSA) is 0 Å². The molecule has 0 aliphatic rings. The zero-order valence-electron chi connectivity index (χ0n) is 29.6. The van der Waals surface area contributed by atoms with E-state index in [4.69, 9.17) is 25.7 Å². The summed E-state index contributed by atoms with van der Waals surface area (Å²) in [6.45, 7) is 19.1. The first-order valence-electron chi connectivity index (χ1n) is 15.1. The van der Waals surface area contributed by atoms with E-state index in [-0.39, 0.29) is 73.8 Å². The van der Waals surface area contributed by atoms with Gasteiger partial charge in [0, 0.05) is 85.0 Å². The molecule has 0 aliphatic heterocycles.